The molecule has 0 fully saturated rings. The molecule has 1 heterocycles. The minimum Gasteiger partial charge on any atom is -0.383 e. The van der Waals surface area contributed by atoms with Gasteiger partial charge in [-0.3, -0.25) is 5.84 Å². The highest BCUT2D eigenvalue weighted by Gasteiger charge is 2.22. The van der Waals surface area contributed by atoms with Crippen LogP contribution in [0.2, 0.25) is 5.02 Å². The van der Waals surface area contributed by atoms with Crippen LogP contribution in [0.15, 0.2) is 30.5 Å². The molecule has 0 aliphatic heterocycles. The number of nitrogens with two attached hydrogens (primary N) is 2. The molecule has 6 heteroatoms. The molecule has 0 saturated carbocycles. The molecule has 5 N–H and O–H groups in total. The van der Waals surface area contributed by atoms with E-state index in [1.54, 1.807) is 24.4 Å². The minimum atomic E-state index is -0.604. The number of anilines is 1. The summed E-state index contributed by atoms with van der Waals surface area (Å²) >= 11 is 5.79. The third-order valence-corrected chi connectivity index (χ3v) is 3.28. The number of hydrazine groups is 1. The normalized spacial score (nSPS) is 12.4. The molecule has 0 bridgehead atoms. The zero-order valence-corrected chi connectivity index (χ0v) is 11.1. The fourth-order valence-corrected chi connectivity index (χ4v) is 2.22. The standard InChI is InChI=1S/C13H14ClFN4/c1-7-5-6-18-13(16)10(7)12(19-17)8-3-2-4-9(14)11(8)15/h2-6,12,19H,17H2,1H3,(H2,16,18). The second kappa shape index (κ2) is 5.52. The second-order valence-corrected chi connectivity index (χ2v) is 4.58. The largest absolute Gasteiger partial charge is 0.383 e. The highest BCUT2D eigenvalue weighted by Crippen LogP contribution is 2.31. The molecule has 2 aromatic rings. The van der Waals surface area contributed by atoms with Gasteiger partial charge in [-0.2, -0.15) is 0 Å². The lowest BCUT2D eigenvalue weighted by Gasteiger charge is -2.21. The van der Waals surface area contributed by atoms with Crippen molar-refractivity contribution in [3.63, 3.8) is 0 Å². The Balaban J connectivity index is 2.60. The second-order valence-electron chi connectivity index (χ2n) is 4.17. The molecule has 0 aliphatic rings. The van der Waals surface area contributed by atoms with Crippen LogP contribution >= 0.6 is 11.6 Å². The zero-order chi connectivity index (χ0) is 14.0. The molecular weight excluding hydrogens is 267 g/mol. The van der Waals surface area contributed by atoms with Gasteiger partial charge in [0.05, 0.1) is 11.1 Å². The number of pyridine rings is 1. The van der Waals surface area contributed by atoms with Crippen molar-refractivity contribution in [2.75, 3.05) is 5.73 Å². The molecular formula is C13H14ClFN4. The maximum atomic E-state index is 14.1. The number of hydrogen-bond donors (Lipinski definition) is 3. The van der Waals surface area contributed by atoms with Gasteiger partial charge >= 0.3 is 0 Å². The molecule has 0 aliphatic carbocycles. The SMILES string of the molecule is Cc1ccnc(N)c1C(NN)c1cccc(Cl)c1F. The fourth-order valence-electron chi connectivity index (χ4n) is 2.04. The number of aryl methyl sites for hydroxylation is 1. The zero-order valence-electron chi connectivity index (χ0n) is 10.3. The minimum absolute atomic E-state index is 0.0397. The third-order valence-electron chi connectivity index (χ3n) is 2.99. The number of aromatic nitrogens is 1. The molecule has 19 heavy (non-hydrogen) atoms. The average Bonchev–Trinajstić information content (AvgIpc) is 2.38. The van der Waals surface area contributed by atoms with Crippen molar-refractivity contribution in [2.45, 2.75) is 13.0 Å². The monoisotopic (exact) mass is 280 g/mol. The highest BCUT2D eigenvalue weighted by molar-refractivity contribution is 6.30. The summed E-state index contributed by atoms with van der Waals surface area (Å²) in [4.78, 5) is 4.01. The first-order chi connectivity index (χ1) is 9.06. The molecule has 1 aromatic heterocycles. The summed E-state index contributed by atoms with van der Waals surface area (Å²) < 4.78 is 14.1. The number of hydrogen-bond acceptors (Lipinski definition) is 4. The van der Waals surface area contributed by atoms with Gasteiger partial charge in [0.15, 0.2) is 0 Å². The van der Waals surface area contributed by atoms with Crippen molar-refractivity contribution in [1.82, 2.24) is 10.4 Å². The first-order valence-corrected chi connectivity index (χ1v) is 6.05. The Morgan fingerprint density at radius 1 is 1.37 bits per heavy atom. The van der Waals surface area contributed by atoms with Gasteiger partial charge in [0.2, 0.25) is 0 Å². The van der Waals surface area contributed by atoms with Crippen LogP contribution in [-0.2, 0) is 0 Å². The van der Waals surface area contributed by atoms with Crippen molar-refractivity contribution in [2.24, 2.45) is 5.84 Å². The maximum absolute atomic E-state index is 14.1. The van der Waals surface area contributed by atoms with E-state index in [-0.39, 0.29) is 5.02 Å². The first kappa shape index (κ1) is 13.7. The van der Waals surface area contributed by atoms with Crippen LogP contribution in [0.5, 0.6) is 0 Å². The van der Waals surface area contributed by atoms with Gasteiger partial charge in [-0.25, -0.2) is 14.8 Å². The van der Waals surface area contributed by atoms with Crippen LogP contribution < -0.4 is 17.0 Å². The summed E-state index contributed by atoms with van der Waals surface area (Å²) in [6.45, 7) is 1.86. The molecule has 0 saturated heterocycles. The third kappa shape index (κ3) is 2.53. The predicted molar refractivity (Wildman–Crippen MR) is 74.0 cm³/mol. The number of rotatable bonds is 3. The number of halogens is 2. The summed E-state index contributed by atoms with van der Waals surface area (Å²) in [5.74, 6) is 5.34. The van der Waals surface area contributed by atoms with E-state index in [0.29, 0.717) is 16.9 Å². The number of nitrogens with one attached hydrogen (secondary N) is 1. The Bertz CT molecular complexity index is 583. The van der Waals surface area contributed by atoms with Crippen molar-refractivity contribution in [1.29, 1.82) is 0 Å². The molecule has 2 rings (SSSR count). The molecule has 1 atom stereocenters. The summed E-state index contributed by atoms with van der Waals surface area (Å²) in [6, 6.07) is 5.93. The molecule has 0 amide bonds. The topological polar surface area (TPSA) is 77.0 Å². The molecule has 0 radical (unpaired) electrons. The van der Waals surface area contributed by atoms with Crippen LogP contribution in [0.25, 0.3) is 0 Å². The van der Waals surface area contributed by atoms with Crippen molar-refractivity contribution in [3.8, 4) is 0 Å². The lowest BCUT2D eigenvalue weighted by Crippen LogP contribution is -2.31. The van der Waals surface area contributed by atoms with E-state index in [4.69, 9.17) is 23.2 Å². The van der Waals surface area contributed by atoms with Crippen molar-refractivity contribution in [3.05, 3.63) is 58.0 Å². The first-order valence-electron chi connectivity index (χ1n) is 5.67. The van der Waals surface area contributed by atoms with Crippen LogP contribution in [0.1, 0.15) is 22.7 Å². The average molecular weight is 281 g/mol. The van der Waals surface area contributed by atoms with E-state index in [0.717, 1.165) is 5.56 Å². The number of benzene rings is 1. The summed E-state index contributed by atoms with van der Waals surface area (Å²) in [5.41, 5.74) is 10.3. The maximum Gasteiger partial charge on any atom is 0.146 e. The van der Waals surface area contributed by atoms with E-state index in [9.17, 15) is 4.39 Å². The Labute approximate surface area is 115 Å². The predicted octanol–water partition coefficient (Wildman–Crippen LogP) is 2.32. The van der Waals surface area contributed by atoms with Crippen LogP contribution in [0, 0.1) is 12.7 Å². The van der Waals surface area contributed by atoms with Crippen LogP contribution in [-0.4, -0.2) is 4.98 Å². The quantitative estimate of drug-likeness (QED) is 0.596. The molecule has 0 spiro atoms. The summed E-state index contributed by atoms with van der Waals surface area (Å²) in [5, 5.41) is 0.0397. The lowest BCUT2D eigenvalue weighted by atomic mass is 9.96. The highest BCUT2D eigenvalue weighted by atomic mass is 35.5. The van der Waals surface area contributed by atoms with Gasteiger partial charge in [0.25, 0.3) is 0 Å². The molecule has 4 nitrogen and oxygen atoms in total. The smallest absolute Gasteiger partial charge is 0.146 e. The molecule has 1 unspecified atom stereocenters. The van der Waals surface area contributed by atoms with Crippen LogP contribution in [0.3, 0.4) is 0 Å². The molecule has 100 valence electrons. The van der Waals surface area contributed by atoms with Crippen LogP contribution in [0.4, 0.5) is 10.2 Å². The van der Waals surface area contributed by atoms with Gasteiger partial charge in [0.1, 0.15) is 11.6 Å². The van der Waals surface area contributed by atoms with Gasteiger partial charge in [-0.15, -0.1) is 0 Å². The van der Waals surface area contributed by atoms with Gasteiger partial charge in [0, 0.05) is 17.3 Å². The van der Waals surface area contributed by atoms with E-state index in [1.165, 1.54) is 6.07 Å². The Morgan fingerprint density at radius 2 is 2.11 bits per heavy atom. The van der Waals surface area contributed by atoms with E-state index in [1.807, 2.05) is 6.92 Å². The Morgan fingerprint density at radius 3 is 2.74 bits per heavy atom. The lowest BCUT2D eigenvalue weighted by molar-refractivity contribution is 0.559. The van der Waals surface area contributed by atoms with E-state index >= 15 is 0 Å². The Hall–Kier alpha value is -1.69. The van der Waals surface area contributed by atoms with E-state index in [2.05, 4.69) is 10.4 Å². The van der Waals surface area contributed by atoms with Gasteiger partial charge in [-0.05, 0) is 24.6 Å². The number of nitrogens with zero attached hydrogens (tertiary/aromatic N) is 1. The van der Waals surface area contributed by atoms with Crippen molar-refractivity contribution < 1.29 is 4.39 Å². The van der Waals surface area contributed by atoms with Gasteiger partial charge < -0.3 is 5.73 Å². The molecule has 1 aromatic carbocycles. The van der Waals surface area contributed by atoms with E-state index < -0.39 is 11.9 Å². The summed E-state index contributed by atoms with van der Waals surface area (Å²) in [7, 11) is 0. The summed E-state index contributed by atoms with van der Waals surface area (Å²) in [6.07, 6.45) is 1.59. The van der Waals surface area contributed by atoms with Crippen molar-refractivity contribution >= 4 is 17.4 Å². The number of nitrogen functional groups attached to an aromatic ring is 1. The Kier molecular flexibility index (Phi) is 3.99. The fraction of sp³-hybridized carbons (Fsp3) is 0.154. The van der Waals surface area contributed by atoms with Gasteiger partial charge in [-0.1, -0.05) is 23.7 Å².